The molecule has 1 aliphatic heterocycles. The summed E-state index contributed by atoms with van der Waals surface area (Å²) >= 11 is 0. The molecule has 0 atom stereocenters. The molecule has 1 fully saturated rings. The highest BCUT2D eigenvalue weighted by Crippen LogP contribution is 2.17. The average molecular weight is 343 g/mol. The Hall–Kier alpha value is -2.41. The Morgan fingerprint density at radius 2 is 2.04 bits per heavy atom. The van der Waals surface area contributed by atoms with Crippen molar-refractivity contribution in [3.05, 3.63) is 30.0 Å². The van der Waals surface area contributed by atoms with Gasteiger partial charge in [-0.05, 0) is 38.4 Å². The van der Waals surface area contributed by atoms with E-state index in [4.69, 9.17) is 0 Å². The normalized spacial score (nSPS) is 15.5. The third kappa shape index (κ3) is 4.17. The highest BCUT2D eigenvalue weighted by atomic mass is 16.2. The predicted molar refractivity (Wildman–Crippen MR) is 96.3 cm³/mol. The fourth-order valence-electron chi connectivity index (χ4n) is 3.34. The van der Waals surface area contributed by atoms with Gasteiger partial charge in [0.2, 0.25) is 5.91 Å². The zero-order chi connectivity index (χ0) is 17.6. The molecule has 0 unspecified atom stereocenters. The van der Waals surface area contributed by atoms with Crippen molar-refractivity contribution in [2.75, 3.05) is 33.2 Å². The second-order valence-corrected chi connectivity index (χ2v) is 6.51. The number of fused-ring (bicyclic) bond motifs is 1. The zero-order valence-electron chi connectivity index (χ0n) is 14.5. The van der Waals surface area contributed by atoms with Gasteiger partial charge < -0.3 is 15.5 Å². The van der Waals surface area contributed by atoms with Crippen molar-refractivity contribution in [2.24, 2.45) is 5.92 Å². The minimum atomic E-state index is -0.252. The Balaban J connectivity index is 1.45. The molecule has 2 heterocycles. The van der Waals surface area contributed by atoms with Crippen LogP contribution in [-0.2, 0) is 4.79 Å². The number of H-pyrrole nitrogens is 1. The van der Waals surface area contributed by atoms with Crippen LogP contribution in [-0.4, -0.2) is 60.1 Å². The average Bonchev–Trinajstić information content (AvgIpc) is 3.06. The lowest BCUT2D eigenvalue weighted by Crippen LogP contribution is -2.41. The van der Waals surface area contributed by atoms with Gasteiger partial charge in [0.15, 0.2) is 5.69 Å². The predicted octanol–water partition coefficient (Wildman–Crippen LogP) is 1.14. The fourth-order valence-corrected chi connectivity index (χ4v) is 3.34. The van der Waals surface area contributed by atoms with E-state index in [-0.39, 0.29) is 11.8 Å². The maximum absolute atomic E-state index is 12.3. The van der Waals surface area contributed by atoms with Crippen molar-refractivity contribution in [1.29, 1.82) is 0 Å². The Kier molecular flexibility index (Phi) is 5.65. The maximum atomic E-state index is 12.3. The molecule has 3 N–H and O–H groups in total. The van der Waals surface area contributed by atoms with Crippen molar-refractivity contribution in [3.63, 3.8) is 0 Å². The number of piperidine rings is 1. The van der Waals surface area contributed by atoms with Crippen molar-refractivity contribution in [2.45, 2.75) is 19.3 Å². The minimum Gasteiger partial charge on any atom is -0.350 e. The molecule has 1 saturated heterocycles. The van der Waals surface area contributed by atoms with Crippen molar-refractivity contribution < 1.29 is 9.59 Å². The van der Waals surface area contributed by atoms with Crippen LogP contribution in [0.5, 0.6) is 0 Å². The number of hydrogen-bond acceptors (Lipinski definition) is 4. The Bertz CT molecular complexity index is 734. The number of amides is 2. The first-order valence-electron chi connectivity index (χ1n) is 8.82. The van der Waals surface area contributed by atoms with Gasteiger partial charge >= 0.3 is 0 Å². The van der Waals surface area contributed by atoms with Crippen LogP contribution in [0.1, 0.15) is 29.8 Å². The van der Waals surface area contributed by atoms with Crippen LogP contribution in [0.2, 0.25) is 0 Å². The lowest BCUT2D eigenvalue weighted by Gasteiger charge is -2.32. The molecule has 7 nitrogen and oxygen atoms in total. The number of rotatable bonds is 6. The molecule has 7 heteroatoms. The minimum absolute atomic E-state index is 0.107. The van der Waals surface area contributed by atoms with Crippen LogP contribution >= 0.6 is 0 Å². The van der Waals surface area contributed by atoms with E-state index in [9.17, 15) is 9.59 Å². The molecule has 25 heavy (non-hydrogen) atoms. The number of hydrogen-bond donors (Lipinski definition) is 3. The fraction of sp³-hybridized carbons (Fsp3) is 0.500. The van der Waals surface area contributed by atoms with E-state index in [1.807, 2.05) is 36.2 Å². The Morgan fingerprint density at radius 3 is 2.80 bits per heavy atom. The van der Waals surface area contributed by atoms with Crippen LogP contribution in [0.3, 0.4) is 0 Å². The zero-order valence-corrected chi connectivity index (χ0v) is 14.5. The van der Waals surface area contributed by atoms with Gasteiger partial charge in [-0.1, -0.05) is 18.2 Å². The van der Waals surface area contributed by atoms with Crippen LogP contribution in [0.25, 0.3) is 10.9 Å². The van der Waals surface area contributed by atoms with Crippen LogP contribution in [0, 0.1) is 5.92 Å². The second kappa shape index (κ2) is 8.11. The van der Waals surface area contributed by atoms with E-state index in [1.165, 1.54) is 0 Å². The van der Waals surface area contributed by atoms with Crippen molar-refractivity contribution >= 4 is 22.7 Å². The van der Waals surface area contributed by atoms with E-state index >= 15 is 0 Å². The third-order valence-electron chi connectivity index (χ3n) is 4.77. The lowest BCUT2D eigenvalue weighted by atomic mass is 9.96. The first-order chi connectivity index (χ1) is 12.2. The largest absolute Gasteiger partial charge is 0.350 e. The van der Waals surface area contributed by atoms with Crippen molar-refractivity contribution in [1.82, 2.24) is 25.7 Å². The summed E-state index contributed by atoms with van der Waals surface area (Å²) in [5.41, 5.74) is 1.20. The molecule has 0 bridgehead atoms. The summed E-state index contributed by atoms with van der Waals surface area (Å²) in [4.78, 5) is 26.5. The number of nitrogens with one attached hydrogen (secondary N) is 3. The number of aromatic nitrogens is 2. The van der Waals surface area contributed by atoms with Gasteiger partial charge in [-0.25, -0.2) is 0 Å². The molecular formula is C18H25N5O2. The summed E-state index contributed by atoms with van der Waals surface area (Å²) in [7, 11) is 1.96. The number of para-hydroxylation sites is 1. The molecule has 0 aliphatic carbocycles. The van der Waals surface area contributed by atoms with Gasteiger partial charge in [0.05, 0.1) is 5.52 Å². The molecule has 1 aromatic heterocycles. The van der Waals surface area contributed by atoms with Gasteiger partial charge in [0.1, 0.15) is 0 Å². The van der Waals surface area contributed by atoms with Crippen LogP contribution < -0.4 is 10.6 Å². The number of carbonyl (C=O) groups is 2. The highest BCUT2D eigenvalue weighted by molar-refractivity contribution is 6.04. The second-order valence-electron chi connectivity index (χ2n) is 6.51. The monoisotopic (exact) mass is 343 g/mol. The Morgan fingerprint density at radius 1 is 1.28 bits per heavy atom. The number of nitrogens with zero attached hydrogens (tertiary/aromatic N) is 2. The molecule has 2 amide bonds. The molecule has 0 saturated carbocycles. The topological polar surface area (TPSA) is 90.1 Å². The smallest absolute Gasteiger partial charge is 0.272 e. The molecule has 3 rings (SSSR count). The van der Waals surface area contributed by atoms with E-state index in [2.05, 4.69) is 20.8 Å². The summed E-state index contributed by atoms with van der Waals surface area (Å²) in [6.07, 6.45) is 2.40. The van der Waals surface area contributed by atoms with E-state index in [0.29, 0.717) is 24.6 Å². The number of carbonyl (C=O) groups excluding carboxylic acids is 2. The first-order valence-corrected chi connectivity index (χ1v) is 8.82. The highest BCUT2D eigenvalue weighted by Gasteiger charge is 2.22. The van der Waals surface area contributed by atoms with Crippen LogP contribution in [0.4, 0.5) is 0 Å². The Labute approximate surface area is 147 Å². The number of benzene rings is 1. The summed E-state index contributed by atoms with van der Waals surface area (Å²) < 4.78 is 0. The molecule has 2 aromatic rings. The van der Waals surface area contributed by atoms with Gasteiger partial charge in [-0.2, -0.15) is 5.10 Å². The summed E-state index contributed by atoms with van der Waals surface area (Å²) in [6.45, 7) is 2.96. The van der Waals surface area contributed by atoms with E-state index in [0.717, 1.165) is 43.4 Å². The number of likely N-dealkylation sites (tertiary alicyclic amines) is 1. The molecule has 1 aromatic carbocycles. The summed E-state index contributed by atoms with van der Waals surface area (Å²) in [5.74, 6) is 0.509. The van der Waals surface area contributed by atoms with E-state index in [1.54, 1.807) is 0 Å². The molecule has 0 radical (unpaired) electrons. The molecular weight excluding hydrogens is 318 g/mol. The number of aromatic amines is 1. The van der Waals surface area contributed by atoms with Gasteiger partial charge in [-0.3, -0.25) is 14.7 Å². The van der Waals surface area contributed by atoms with Crippen LogP contribution in [0.15, 0.2) is 24.3 Å². The summed E-state index contributed by atoms with van der Waals surface area (Å²) in [6, 6.07) is 7.49. The quantitative estimate of drug-likeness (QED) is 0.734. The van der Waals surface area contributed by atoms with Gasteiger partial charge in [-0.15, -0.1) is 0 Å². The molecule has 0 spiro atoms. The first kappa shape index (κ1) is 17.4. The SMILES string of the molecule is CNCC1CCN(C(=O)CCNC(=O)c2n[nH]c3ccccc23)CC1. The lowest BCUT2D eigenvalue weighted by molar-refractivity contribution is -0.132. The van der Waals surface area contributed by atoms with Crippen molar-refractivity contribution in [3.8, 4) is 0 Å². The maximum Gasteiger partial charge on any atom is 0.272 e. The molecule has 134 valence electrons. The van der Waals surface area contributed by atoms with Gasteiger partial charge in [0, 0.05) is 31.4 Å². The molecule has 1 aliphatic rings. The summed E-state index contributed by atoms with van der Waals surface area (Å²) in [5, 5.41) is 13.7. The third-order valence-corrected chi connectivity index (χ3v) is 4.77. The van der Waals surface area contributed by atoms with Gasteiger partial charge in [0.25, 0.3) is 5.91 Å². The van der Waals surface area contributed by atoms with E-state index < -0.39 is 0 Å². The standard InChI is InChI=1S/C18H25N5O2/c1-19-12-13-7-10-23(11-8-13)16(24)6-9-20-18(25)17-14-4-2-3-5-15(14)21-22-17/h2-5,13,19H,6-12H2,1H3,(H,20,25)(H,21,22).